The van der Waals surface area contributed by atoms with Gasteiger partial charge in [0.2, 0.25) is 0 Å². The number of hydrogen-bond donors (Lipinski definition) is 0. The van der Waals surface area contributed by atoms with E-state index < -0.39 is 22.9 Å². The monoisotopic (exact) mass is 454 g/mol. The third-order valence-electron chi connectivity index (χ3n) is 7.35. The number of nitrogens with zero attached hydrogens (tertiary/aromatic N) is 1. The maximum absolute atomic E-state index is 13.7. The smallest absolute Gasteiger partial charge is 0.337 e. The average molecular weight is 455 g/mol. The van der Waals surface area contributed by atoms with E-state index in [-0.39, 0.29) is 0 Å². The maximum atomic E-state index is 13.7. The molecule has 3 aromatic carbocycles. The molecule has 0 N–H and O–H groups in total. The number of rotatable bonds is 5. The highest BCUT2D eigenvalue weighted by Crippen LogP contribution is 2.71. The summed E-state index contributed by atoms with van der Waals surface area (Å²) in [5.41, 5.74) is 2.84. The lowest BCUT2D eigenvalue weighted by atomic mass is 9.58. The molecule has 0 unspecified atom stereocenters. The standard InChI is InChI=1S/C29H27NO4/c1-20-14-16-23(17-15-20)30-25(21-10-6-4-7-11-21)24(26(31)33-2)28(27(32)34-3)18-19-29(28,30)22-12-8-5-9-13-22/h4-17H,18-19H2,1-3H3/t28-,29+/m1/s1/i18+1. The van der Waals surface area contributed by atoms with Crippen molar-refractivity contribution in [2.24, 2.45) is 5.41 Å². The zero-order valence-corrected chi connectivity index (χ0v) is 19.6. The van der Waals surface area contributed by atoms with E-state index in [0.29, 0.717) is 24.1 Å². The van der Waals surface area contributed by atoms with Gasteiger partial charge >= 0.3 is 11.9 Å². The Hall–Kier alpha value is -3.86. The fourth-order valence-electron chi connectivity index (χ4n) is 5.82. The molecule has 3 aromatic rings. The molecule has 0 aromatic heterocycles. The Morgan fingerprint density at radius 2 is 1.41 bits per heavy atom. The topological polar surface area (TPSA) is 55.8 Å². The minimum absolute atomic E-state index is 0.351. The Kier molecular flexibility index (Phi) is 5.28. The molecule has 2 atom stereocenters. The van der Waals surface area contributed by atoms with Gasteiger partial charge in [-0.2, -0.15) is 0 Å². The lowest BCUT2D eigenvalue weighted by Crippen LogP contribution is -2.64. The average Bonchev–Trinajstić information content (AvgIpc) is 3.06. The quantitative estimate of drug-likeness (QED) is 0.389. The van der Waals surface area contributed by atoms with Crippen molar-refractivity contribution in [1.82, 2.24) is 0 Å². The third kappa shape index (κ3) is 2.79. The van der Waals surface area contributed by atoms with Gasteiger partial charge in [-0.05, 0) is 43.0 Å². The minimum atomic E-state index is -1.20. The van der Waals surface area contributed by atoms with Gasteiger partial charge in [-0.15, -0.1) is 0 Å². The van der Waals surface area contributed by atoms with Gasteiger partial charge in [0.05, 0.1) is 31.0 Å². The number of carbonyl (C=O) groups excluding carboxylic acids is 2. The molecule has 172 valence electrons. The summed E-state index contributed by atoms with van der Waals surface area (Å²) in [5.74, 6) is -0.940. The Morgan fingerprint density at radius 3 is 1.94 bits per heavy atom. The SMILES string of the molecule is COC(=O)C1=C(c2ccccc2)N(c2ccc(C)cc2)[C@]2(c3ccccc3)C[13CH2][C@]12C(=O)OC. The number of methoxy groups -OCH3 is 2. The van der Waals surface area contributed by atoms with Gasteiger partial charge in [-0.25, -0.2) is 4.79 Å². The number of esters is 2. The van der Waals surface area contributed by atoms with Crippen molar-refractivity contribution in [3.8, 4) is 0 Å². The molecule has 0 spiro atoms. The van der Waals surface area contributed by atoms with Crippen LogP contribution in [0.4, 0.5) is 5.69 Å². The first-order chi connectivity index (χ1) is 16.5. The lowest BCUT2D eigenvalue weighted by Gasteiger charge is -2.58. The van der Waals surface area contributed by atoms with E-state index >= 15 is 0 Å². The van der Waals surface area contributed by atoms with E-state index in [9.17, 15) is 9.59 Å². The van der Waals surface area contributed by atoms with Crippen LogP contribution in [-0.2, 0) is 24.6 Å². The molecule has 1 saturated carbocycles. The summed E-state index contributed by atoms with van der Waals surface area (Å²) in [6.45, 7) is 2.04. The summed E-state index contributed by atoms with van der Waals surface area (Å²) in [6, 6.07) is 27.9. The van der Waals surface area contributed by atoms with Crippen molar-refractivity contribution in [2.45, 2.75) is 25.3 Å². The molecule has 1 aliphatic carbocycles. The van der Waals surface area contributed by atoms with Crippen LogP contribution < -0.4 is 4.90 Å². The summed E-state index contributed by atoms with van der Waals surface area (Å²) < 4.78 is 10.7. The Labute approximate surface area is 199 Å². The second-order valence-corrected chi connectivity index (χ2v) is 8.88. The first kappa shape index (κ1) is 22.0. The highest BCUT2D eigenvalue weighted by molar-refractivity contribution is 6.12. The van der Waals surface area contributed by atoms with Crippen LogP contribution in [0, 0.1) is 12.3 Å². The molecular weight excluding hydrogens is 427 g/mol. The minimum Gasteiger partial charge on any atom is -0.468 e. The second kappa shape index (κ2) is 8.17. The van der Waals surface area contributed by atoms with Gasteiger partial charge in [-0.1, -0.05) is 78.4 Å². The molecule has 0 radical (unpaired) electrons. The number of aryl methyl sites for hydroxylation is 1. The first-order valence-corrected chi connectivity index (χ1v) is 11.4. The van der Waals surface area contributed by atoms with Crippen LogP contribution in [-0.4, -0.2) is 26.2 Å². The lowest BCUT2D eigenvalue weighted by molar-refractivity contribution is -0.165. The summed E-state index contributed by atoms with van der Waals surface area (Å²) in [6.07, 6.45) is 1.16. The summed E-state index contributed by atoms with van der Waals surface area (Å²) in [7, 11) is 2.75. The molecule has 34 heavy (non-hydrogen) atoms. The van der Waals surface area contributed by atoms with Crippen LogP contribution in [0.1, 0.15) is 29.5 Å². The fourth-order valence-corrected chi connectivity index (χ4v) is 5.82. The van der Waals surface area contributed by atoms with Gasteiger partial charge in [0.15, 0.2) is 0 Å². The summed E-state index contributed by atoms with van der Waals surface area (Å²) in [4.78, 5) is 29.4. The molecule has 2 aliphatic rings. The number of hydrogen-bond acceptors (Lipinski definition) is 5. The number of fused-ring (bicyclic) bond motifs is 1. The van der Waals surface area contributed by atoms with E-state index in [4.69, 9.17) is 9.47 Å². The molecule has 0 amide bonds. The molecule has 5 nitrogen and oxygen atoms in total. The van der Waals surface area contributed by atoms with E-state index in [1.54, 1.807) is 0 Å². The molecule has 1 heterocycles. The highest BCUT2D eigenvalue weighted by Gasteiger charge is 2.76. The third-order valence-corrected chi connectivity index (χ3v) is 7.35. The van der Waals surface area contributed by atoms with Crippen LogP contribution in [0.3, 0.4) is 0 Å². The Morgan fingerprint density at radius 1 is 0.794 bits per heavy atom. The van der Waals surface area contributed by atoms with Gasteiger partial charge in [0.1, 0.15) is 5.41 Å². The molecule has 5 rings (SSSR count). The molecule has 5 heteroatoms. The number of benzene rings is 3. The second-order valence-electron chi connectivity index (χ2n) is 8.88. The first-order valence-electron chi connectivity index (χ1n) is 11.4. The van der Waals surface area contributed by atoms with Gasteiger partial charge in [-0.3, -0.25) is 4.79 Å². The van der Waals surface area contributed by atoms with Gasteiger partial charge in [0, 0.05) is 5.69 Å². The Balaban J connectivity index is 1.92. The zero-order chi connectivity index (χ0) is 23.9. The normalized spacial score (nSPS) is 23.2. The van der Waals surface area contributed by atoms with Crippen molar-refractivity contribution in [2.75, 3.05) is 19.1 Å². The van der Waals surface area contributed by atoms with Crippen molar-refractivity contribution in [3.63, 3.8) is 0 Å². The van der Waals surface area contributed by atoms with Crippen LogP contribution in [0.25, 0.3) is 5.70 Å². The Bertz CT molecular complexity index is 1270. The predicted octanol–water partition coefficient (Wildman–Crippen LogP) is 5.25. The summed E-state index contributed by atoms with van der Waals surface area (Å²) in [5, 5.41) is 0. The fraction of sp³-hybridized carbons (Fsp3) is 0.241. The van der Waals surface area contributed by atoms with E-state index in [1.165, 1.54) is 14.2 Å². The van der Waals surface area contributed by atoms with Crippen molar-refractivity contribution in [1.29, 1.82) is 0 Å². The van der Waals surface area contributed by atoms with Gasteiger partial charge < -0.3 is 14.4 Å². The van der Waals surface area contributed by atoms with Crippen molar-refractivity contribution in [3.05, 3.63) is 107 Å². The van der Waals surface area contributed by atoms with Crippen molar-refractivity contribution >= 4 is 23.3 Å². The van der Waals surface area contributed by atoms with Crippen LogP contribution >= 0.6 is 0 Å². The van der Waals surface area contributed by atoms with Gasteiger partial charge in [0.25, 0.3) is 0 Å². The zero-order valence-electron chi connectivity index (χ0n) is 19.6. The van der Waals surface area contributed by atoms with Crippen LogP contribution in [0.15, 0.2) is 90.5 Å². The number of carbonyl (C=O) groups is 2. The largest absolute Gasteiger partial charge is 0.468 e. The van der Waals surface area contributed by atoms with E-state index in [1.807, 2.05) is 91.9 Å². The predicted molar refractivity (Wildman–Crippen MR) is 131 cm³/mol. The molecule has 0 bridgehead atoms. The molecule has 0 saturated heterocycles. The molecule has 1 aliphatic heterocycles. The van der Waals surface area contributed by atoms with E-state index in [0.717, 1.165) is 22.4 Å². The van der Waals surface area contributed by atoms with Crippen molar-refractivity contribution < 1.29 is 19.1 Å². The molecule has 1 fully saturated rings. The highest BCUT2D eigenvalue weighted by atomic mass is 16.5. The summed E-state index contributed by atoms with van der Waals surface area (Å²) >= 11 is 0. The number of ether oxygens (including phenoxy) is 2. The number of anilines is 1. The maximum Gasteiger partial charge on any atom is 0.337 e. The molecular formula is C29H27NO4. The van der Waals surface area contributed by atoms with E-state index in [2.05, 4.69) is 4.90 Å². The van der Waals surface area contributed by atoms with Crippen LogP contribution in [0.5, 0.6) is 0 Å². The van der Waals surface area contributed by atoms with Crippen LogP contribution in [0.2, 0.25) is 0 Å².